The maximum Gasteiger partial charge on any atom is 0.421 e. The molecule has 0 radical (unpaired) electrons. The normalized spacial score (nSPS) is 12.0. The number of amides is 1. The van der Waals surface area contributed by atoms with E-state index < -0.39 is 34.9 Å². The minimum Gasteiger partial charge on any atom is -0.420 e. The summed E-state index contributed by atoms with van der Waals surface area (Å²) >= 11 is 0. The Labute approximate surface area is 188 Å². The summed E-state index contributed by atoms with van der Waals surface area (Å²) in [6.45, 7) is 8.47. The molecule has 0 atom stereocenters. The molecule has 0 saturated carbocycles. The first kappa shape index (κ1) is 24.2. The quantitative estimate of drug-likeness (QED) is 0.504. The van der Waals surface area contributed by atoms with E-state index in [4.69, 9.17) is 4.74 Å². The van der Waals surface area contributed by atoms with Gasteiger partial charge in [-0.3, -0.25) is 4.79 Å². The second-order valence-corrected chi connectivity index (χ2v) is 8.59. The summed E-state index contributed by atoms with van der Waals surface area (Å²) in [7, 11) is 0. The van der Waals surface area contributed by atoms with Crippen LogP contribution in [-0.4, -0.2) is 20.7 Å². The molecule has 1 amide bonds. The fraction of sp³-hybridized carbons (Fsp3) is 0.348. The molecule has 0 bridgehead atoms. The highest BCUT2D eigenvalue weighted by molar-refractivity contribution is 5.94. The Morgan fingerprint density at radius 3 is 2.45 bits per heavy atom. The van der Waals surface area contributed by atoms with Gasteiger partial charge in [0.1, 0.15) is 11.4 Å². The molecule has 0 fully saturated rings. The molecule has 33 heavy (non-hydrogen) atoms. The summed E-state index contributed by atoms with van der Waals surface area (Å²) in [5, 5.41) is 6.90. The predicted molar refractivity (Wildman–Crippen MR) is 114 cm³/mol. The van der Waals surface area contributed by atoms with E-state index in [0.717, 1.165) is 17.7 Å². The molecule has 0 unspecified atom stereocenters. The lowest BCUT2D eigenvalue weighted by molar-refractivity contribution is -0.138. The largest absolute Gasteiger partial charge is 0.421 e. The van der Waals surface area contributed by atoms with Crippen molar-refractivity contribution < 1.29 is 27.1 Å². The molecule has 0 aliphatic heterocycles. The molecule has 3 aromatic rings. The molecule has 0 aliphatic carbocycles. The van der Waals surface area contributed by atoms with Crippen molar-refractivity contribution in [2.24, 2.45) is 0 Å². The van der Waals surface area contributed by atoms with Crippen molar-refractivity contribution in [2.75, 3.05) is 0 Å². The second-order valence-electron chi connectivity index (χ2n) is 8.59. The van der Waals surface area contributed by atoms with Crippen LogP contribution < -0.4 is 10.1 Å². The van der Waals surface area contributed by atoms with E-state index >= 15 is 0 Å². The molecule has 176 valence electrons. The van der Waals surface area contributed by atoms with E-state index in [1.54, 1.807) is 39.8 Å². The van der Waals surface area contributed by atoms with Gasteiger partial charge in [-0.05, 0) is 58.4 Å². The van der Waals surface area contributed by atoms with Crippen molar-refractivity contribution in [3.05, 3.63) is 70.3 Å². The number of hydrogen-bond donors (Lipinski definition) is 1. The molecular weight excluding hydrogens is 440 g/mol. The first-order valence-electron chi connectivity index (χ1n) is 10.1. The first-order valence-corrected chi connectivity index (χ1v) is 10.1. The zero-order valence-electron chi connectivity index (χ0n) is 18.8. The zero-order valence-corrected chi connectivity index (χ0v) is 18.8. The average Bonchev–Trinajstić information content (AvgIpc) is 3.03. The van der Waals surface area contributed by atoms with Crippen molar-refractivity contribution in [3.8, 4) is 11.8 Å². The minimum absolute atomic E-state index is 0.0432. The van der Waals surface area contributed by atoms with Crippen LogP contribution in [0.3, 0.4) is 0 Å². The number of carbonyl (C=O) groups is 1. The summed E-state index contributed by atoms with van der Waals surface area (Å²) in [5.41, 5.74) is -0.553. The van der Waals surface area contributed by atoms with Crippen molar-refractivity contribution in [1.29, 1.82) is 0 Å². The number of halogens is 4. The van der Waals surface area contributed by atoms with E-state index in [-0.39, 0.29) is 23.7 Å². The van der Waals surface area contributed by atoms with Gasteiger partial charge in [-0.2, -0.15) is 18.3 Å². The van der Waals surface area contributed by atoms with Crippen LogP contribution in [0.4, 0.5) is 17.6 Å². The van der Waals surface area contributed by atoms with Crippen LogP contribution in [0.5, 0.6) is 11.8 Å². The van der Waals surface area contributed by atoms with Gasteiger partial charge in [0, 0.05) is 23.9 Å². The molecule has 0 spiro atoms. The number of ether oxygens (including phenoxy) is 1. The number of hydrogen-bond acceptors (Lipinski definition) is 4. The van der Waals surface area contributed by atoms with Gasteiger partial charge in [0.15, 0.2) is 5.69 Å². The maximum absolute atomic E-state index is 14.1. The van der Waals surface area contributed by atoms with Crippen LogP contribution in [0.25, 0.3) is 0 Å². The summed E-state index contributed by atoms with van der Waals surface area (Å²) in [6.07, 6.45) is -3.50. The Balaban J connectivity index is 1.95. The molecule has 2 aromatic heterocycles. The van der Waals surface area contributed by atoms with E-state index in [2.05, 4.69) is 15.4 Å². The monoisotopic (exact) mass is 464 g/mol. The van der Waals surface area contributed by atoms with Gasteiger partial charge < -0.3 is 10.1 Å². The minimum atomic E-state index is -4.68. The van der Waals surface area contributed by atoms with E-state index in [1.165, 1.54) is 23.9 Å². The number of pyridine rings is 1. The Bertz CT molecular complexity index is 1180. The Kier molecular flexibility index (Phi) is 6.49. The molecule has 2 heterocycles. The molecule has 1 aromatic carbocycles. The highest BCUT2D eigenvalue weighted by Crippen LogP contribution is 2.38. The third-order valence-corrected chi connectivity index (χ3v) is 4.84. The number of rotatable bonds is 5. The second kappa shape index (κ2) is 8.84. The first-order chi connectivity index (χ1) is 15.3. The van der Waals surface area contributed by atoms with Gasteiger partial charge in [0.2, 0.25) is 11.8 Å². The van der Waals surface area contributed by atoms with Crippen molar-refractivity contribution in [1.82, 2.24) is 20.1 Å². The number of benzene rings is 1. The summed E-state index contributed by atoms with van der Waals surface area (Å²) < 4.78 is 61.2. The SMILES string of the molecule is Cc1ccc(CNC(=O)c2nn(C(C)(C)C)c(Oc3ncccc3C(F)(F)F)c2C)c(F)c1. The highest BCUT2D eigenvalue weighted by atomic mass is 19.4. The van der Waals surface area contributed by atoms with E-state index in [1.807, 2.05) is 0 Å². The third kappa shape index (κ3) is 5.32. The number of nitrogens with zero attached hydrogens (tertiary/aromatic N) is 3. The summed E-state index contributed by atoms with van der Waals surface area (Å²) in [5.74, 6) is -1.76. The topological polar surface area (TPSA) is 69.0 Å². The van der Waals surface area contributed by atoms with Gasteiger partial charge in [-0.25, -0.2) is 14.1 Å². The zero-order chi connectivity index (χ0) is 24.6. The summed E-state index contributed by atoms with van der Waals surface area (Å²) in [6, 6.07) is 6.67. The average molecular weight is 464 g/mol. The van der Waals surface area contributed by atoms with Crippen molar-refractivity contribution >= 4 is 5.91 Å². The lowest BCUT2D eigenvalue weighted by atomic mass is 10.1. The molecule has 3 rings (SSSR count). The highest BCUT2D eigenvalue weighted by Gasteiger charge is 2.36. The fourth-order valence-electron chi connectivity index (χ4n) is 3.11. The standard InChI is InChI=1S/C23H24F4N4O2/c1-13-8-9-15(17(24)11-13)12-29-19(32)18-14(2)21(31(30-18)22(3,4)5)33-20-16(23(25,26)27)7-6-10-28-20/h6-11H,12H2,1-5H3,(H,29,32). The molecule has 10 heteroatoms. The van der Waals surface area contributed by atoms with Crippen molar-refractivity contribution in [3.63, 3.8) is 0 Å². The number of aromatic nitrogens is 3. The number of aryl methyl sites for hydroxylation is 1. The molecular formula is C23H24F4N4O2. The van der Waals surface area contributed by atoms with Gasteiger partial charge in [0.05, 0.1) is 5.54 Å². The lowest BCUT2D eigenvalue weighted by Crippen LogP contribution is -2.27. The van der Waals surface area contributed by atoms with Crippen LogP contribution in [-0.2, 0) is 18.3 Å². The van der Waals surface area contributed by atoms with Gasteiger partial charge in [0.25, 0.3) is 5.91 Å². The predicted octanol–water partition coefficient (Wildman–Crippen LogP) is 5.53. The number of nitrogens with one attached hydrogen (secondary N) is 1. The van der Waals surface area contributed by atoms with Crippen LogP contribution >= 0.6 is 0 Å². The van der Waals surface area contributed by atoms with Crippen LogP contribution in [0.15, 0.2) is 36.5 Å². The number of alkyl halides is 3. The van der Waals surface area contributed by atoms with Gasteiger partial charge in [-0.1, -0.05) is 12.1 Å². The van der Waals surface area contributed by atoms with Crippen LogP contribution in [0, 0.1) is 19.7 Å². The number of carbonyl (C=O) groups excluding carboxylic acids is 1. The molecule has 0 aliphatic rings. The van der Waals surface area contributed by atoms with Gasteiger partial charge >= 0.3 is 6.18 Å². The summed E-state index contributed by atoms with van der Waals surface area (Å²) in [4.78, 5) is 16.6. The molecule has 0 saturated heterocycles. The maximum atomic E-state index is 14.1. The van der Waals surface area contributed by atoms with Gasteiger partial charge in [-0.15, -0.1) is 0 Å². The smallest absolute Gasteiger partial charge is 0.420 e. The Hall–Kier alpha value is -3.43. The van der Waals surface area contributed by atoms with E-state index in [0.29, 0.717) is 5.56 Å². The fourth-order valence-corrected chi connectivity index (χ4v) is 3.11. The van der Waals surface area contributed by atoms with Crippen LogP contribution in [0.2, 0.25) is 0 Å². The van der Waals surface area contributed by atoms with Crippen LogP contribution in [0.1, 0.15) is 53.5 Å². The van der Waals surface area contributed by atoms with E-state index in [9.17, 15) is 22.4 Å². The third-order valence-electron chi connectivity index (χ3n) is 4.84. The molecule has 1 N–H and O–H groups in total. The van der Waals surface area contributed by atoms with Crippen molar-refractivity contribution in [2.45, 2.75) is 52.9 Å². The Morgan fingerprint density at radius 2 is 1.85 bits per heavy atom. The Morgan fingerprint density at radius 1 is 1.15 bits per heavy atom. The lowest BCUT2D eigenvalue weighted by Gasteiger charge is -2.22. The molecule has 6 nitrogen and oxygen atoms in total.